The minimum absolute atomic E-state index is 0.0195. The van der Waals surface area contributed by atoms with Crippen LogP contribution in [0.3, 0.4) is 0 Å². The van der Waals surface area contributed by atoms with Gasteiger partial charge in [0.2, 0.25) is 21.8 Å². The highest BCUT2D eigenvalue weighted by molar-refractivity contribution is 7.90. The molecule has 1 saturated heterocycles. The Labute approximate surface area is 189 Å². The van der Waals surface area contributed by atoms with Crippen LogP contribution in [0.2, 0.25) is 0 Å². The van der Waals surface area contributed by atoms with Crippen LogP contribution >= 0.6 is 0 Å². The summed E-state index contributed by atoms with van der Waals surface area (Å²) in [6.07, 6.45) is 2.88. The summed E-state index contributed by atoms with van der Waals surface area (Å²) in [6, 6.07) is 5.56. The topological polar surface area (TPSA) is 145 Å². The standard InChI is InChI=1S/C22H33N5O4S/c1-14(2)12-18(26-32(30,31)17-9-10-17)22(29)27-11-3-4-19(27)21(28)25-13-15-5-7-16(8-6-15)20(23)24/h5-8,14,17-19,26H,3-4,9-13H2,1-2H3,(H3,23,24)(H,25,28)/t18?,19-/m0/s1. The first-order valence-electron chi connectivity index (χ1n) is 11.1. The van der Waals surface area contributed by atoms with Crippen molar-refractivity contribution >= 4 is 27.7 Å². The third-order valence-corrected chi connectivity index (χ3v) is 7.81. The average Bonchev–Trinajstić information content (AvgIpc) is 3.49. The van der Waals surface area contributed by atoms with Gasteiger partial charge in [0.05, 0.1) is 5.25 Å². The molecule has 2 aliphatic rings. The smallest absolute Gasteiger partial charge is 0.243 e. The van der Waals surface area contributed by atoms with Crippen LogP contribution in [0.25, 0.3) is 0 Å². The van der Waals surface area contributed by atoms with Gasteiger partial charge in [-0.1, -0.05) is 38.1 Å². The molecular formula is C22H33N5O4S. The molecule has 1 aliphatic carbocycles. The summed E-state index contributed by atoms with van der Waals surface area (Å²) in [5.41, 5.74) is 6.92. The number of hydrogen-bond acceptors (Lipinski definition) is 5. The van der Waals surface area contributed by atoms with Gasteiger partial charge in [-0.05, 0) is 43.6 Å². The first-order valence-corrected chi connectivity index (χ1v) is 12.7. The molecule has 176 valence electrons. The Morgan fingerprint density at radius 3 is 2.41 bits per heavy atom. The molecule has 9 nitrogen and oxygen atoms in total. The van der Waals surface area contributed by atoms with Crippen LogP contribution in [0.5, 0.6) is 0 Å². The molecule has 1 heterocycles. The summed E-state index contributed by atoms with van der Waals surface area (Å²) in [7, 11) is -3.52. The van der Waals surface area contributed by atoms with Crippen molar-refractivity contribution in [1.29, 1.82) is 5.41 Å². The van der Waals surface area contributed by atoms with Gasteiger partial charge in [0.1, 0.15) is 17.9 Å². The molecule has 10 heteroatoms. The van der Waals surface area contributed by atoms with Gasteiger partial charge in [-0.25, -0.2) is 13.1 Å². The molecule has 1 unspecified atom stereocenters. The molecule has 32 heavy (non-hydrogen) atoms. The van der Waals surface area contributed by atoms with Crippen molar-refractivity contribution in [2.45, 2.75) is 69.8 Å². The zero-order valence-corrected chi connectivity index (χ0v) is 19.5. The number of amides is 2. The lowest BCUT2D eigenvalue weighted by molar-refractivity contribution is -0.140. The van der Waals surface area contributed by atoms with E-state index in [0.717, 1.165) is 5.56 Å². The average molecular weight is 464 g/mol. The molecule has 3 rings (SSSR count). The van der Waals surface area contributed by atoms with E-state index < -0.39 is 27.4 Å². The maximum atomic E-state index is 13.3. The van der Waals surface area contributed by atoms with Crippen LogP contribution in [-0.4, -0.2) is 54.8 Å². The Kier molecular flexibility index (Phi) is 7.55. The van der Waals surface area contributed by atoms with Gasteiger partial charge >= 0.3 is 0 Å². The molecule has 1 aliphatic heterocycles. The molecule has 0 radical (unpaired) electrons. The second-order valence-corrected chi connectivity index (χ2v) is 11.1. The summed E-state index contributed by atoms with van der Waals surface area (Å²) in [5, 5.41) is 9.91. The lowest BCUT2D eigenvalue weighted by Gasteiger charge is -2.29. The van der Waals surface area contributed by atoms with E-state index in [9.17, 15) is 18.0 Å². The molecule has 0 aromatic heterocycles. The molecule has 1 saturated carbocycles. The van der Waals surface area contributed by atoms with Gasteiger partial charge in [0.25, 0.3) is 0 Å². The number of carbonyl (C=O) groups excluding carboxylic acids is 2. The predicted octanol–water partition coefficient (Wildman–Crippen LogP) is 1.07. The van der Waals surface area contributed by atoms with Gasteiger partial charge in [0, 0.05) is 18.7 Å². The molecule has 2 atom stereocenters. The predicted molar refractivity (Wildman–Crippen MR) is 122 cm³/mol. The third-order valence-electron chi connectivity index (χ3n) is 5.85. The summed E-state index contributed by atoms with van der Waals surface area (Å²) in [5.74, 6) is -0.473. The Bertz CT molecular complexity index is 957. The number of nitrogens with one attached hydrogen (secondary N) is 3. The Balaban J connectivity index is 1.64. The Morgan fingerprint density at radius 2 is 1.84 bits per heavy atom. The number of nitrogens with zero attached hydrogens (tertiary/aromatic N) is 1. The molecule has 5 N–H and O–H groups in total. The van der Waals surface area contributed by atoms with E-state index in [0.29, 0.717) is 50.8 Å². The Hall–Kier alpha value is -2.46. The molecule has 1 aromatic carbocycles. The van der Waals surface area contributed by atoms with Gasteiger partial charge in [-0.15, -0.1) is 0 Å². The number of carbonyl (C=O) groups is 2. The minimum atomic E-state index is -3.52. The zero-order chi connectivity index (χ0) is 23.5. The van der Waals surface area contributed by atoms with Crippen molar-refractivity contribution in [1.82, 2.24) is 14.9 Å². The van der Waals surface area contributed by atoms with Crippen molar-refractivity contribution < 1.29 is 18.0 Å². The fourth-order valence-corrected chi connectivity index (χ4v) is 5.50. The fraction of sp³-hybridized carbons (Fsp3) is 0.591. The van der Waals surface area contributed by atoms with E-state index in [1.807, 2.05) is 13.8 Å². The number of likely N-dealkylation sites (tertiary alicyclic amines) is 1. The summed E-state index contributed by atoms with van der Waals surface area (Å²) >= 11 is 0. The monoisotopic (exact) mass is 463 g/mol. The first kappa shape index (κ1) is 24.2. The van der Waals surface area contributed by atoms with E-state index in [2.05, 4.69) is 10.0 Å². The molecule has 0 spiro atoms. The van der Waals surface area contributed by atoms with Crippen LogP contribution in [0, 0.1) is 11.3 Å². The van der Waals surface area contributed by atoms with Crippen LogP contribution in [0.1, 0.15) is 57.1 Å². The van der Waals surface area contributed by atoms with Crippen LogP contribution in [-0.2, 0) is 26.2 Å². The van der Waals surface area contributed by atoms with Crippen molar-refractivity contribution in [3.05, 3.63) is 35.4 Å². The van der Waals surface area contributed by atoms with Crippen LogP contribution in [0.4, 0.5) is 0 Å². The summed E-state index contributed by atoms with van der Waals surface area (Å²) < 4.78 is 27.5. The van der Waals surface area contributed by atoms with Crippen LogP contribution in [0.15, 0.2) is 24.3 Å². The molecule has 1 aromatic rings. The highest BCUT2D eigenvalue weighted by Gasteiger charge is 2.42. The molecule has 2 amide bonds. The molecule has 2 fully saturated rings. The van der Waals surface area contributed by atoms with E-state index in [-0.39, 0.29) is 23.6 Å². The SMILES string of the molecule is CC(C)CC(NS(=O)(=O)C1CC1)C(=O)N1CCC[C@H]1C(=O)NCc1ccc(C(=N)N)cc1. The van der Waals surface area contributed by atoms with E-state index in [4.69, 9.17) is 11.1 Å². The number of rotatable bonds is 10. The number of nitrogen functional groups attached to an aromatic ring is 1. The lowest BCUT2D eigenvalue weighted by Crippen LogP contribution is -2.54. The number of sulfonamides is 1. The number of amidine groups is 1. The second kappa shape index (κ2) is 9.99. The molecular weight excluding hydrogens is 430 g/mol. The van der Waals surface area contributed by atoms with Crippen molar-refractivity contribution in [2.75, 3.05) is 6.54 Å². The quantitative estimate of drug-likeness (QED) is 0.303. The Morgan fingerprint density at radius 1 is 1.19 bits per heavy atom. The summed E-state index contributed by atoms with van der Waals surface area (Å²) in [4.78, 5) is 27.7. The van der Waals surface area contributed by atoms with Crippen molar-refractivity contribution in [3.63, 3.8) is 0 Å². The van der Waals surface area contributed by atoms with Gasteiger partial charge in [0.15, 0.2) is 0 Å². The van der Waals surface area contributed by atoms with Crippen molar-refractivity contribution in [3.8, 4) is 0 Å². The zero-order valence-electron chi connectivity index (χ0n) is 18.6. The number of benzene rings is 1. The van der Waals surface area contributed by atoms with Gasteiger partial charge < -0.3 is 16.0 Å². The maximum Gasteiger partial charge on any atom is 0.243 e. The van der Waals surface area contributed by atoms with Gasteiger partial charge in [-0.3, -0.25) is 15.0 Å². The highest BCUT2D eigenvalue weighted by Crippen LogP contribution is 2.29. The fourth-order valence-electron chi connectivity index (χ4n) is 3.96. The highest BCUT2D eigenvalue weighted by atomic mass is 32.2. The first-order chi connectivity index (χ1) is 15.1. The second-order valence-electron chi connectivity index (χ2n) is 9.06. The number of hydrogen-bond donors (Lipinski definition) is 4. The maximum absolute atomic E-state index is 13.3. The van der Waals surface area contributed by atoms with Crippen LogP contribution < -0.4 is 15.8 Å². The third kappa shape index (κ3) is 6.07. The van der Waals surface area contributed by atoms with E-state index in [1.54, 1.807) is 24.3 Å². The minimum Gasteiger partial charge on any atom is -0.384 e. The molecule has 0 bridgehead atoms. The van der Waals surface area contributed by atoms with E-state index >= 15 is 0 Å². The largest absolute Gasteiger partial charge is 0.384 e. The lowest BCUT2D eigenvalue weighted by atomic mass is 10.0. The van der Waals surface area contributed by atoms with Gasteiger partial charge in [-0.2, -0.15) is 0 Å². The number of nitrogens with two attached hydrogens (primary N) is 1. The summed E-state index contributed by atoms with van der Waals surface area (Å²) in [6.45, 7) is 4.61. The van der Waals surface area contributed by atoms with Crippen molar-refractivity contribution in [2.24, 2.45) is 11.7 Å². The normalized spacial score (nSPS) is 19.7. The van der Waals surface area contributed by atoms with E-state index in [1.165, 1.54) is 4.90 Å².